The molecule has 0 aromatic heterocycles. The van der Waals surface area contributed by atoms with Gasteiger partial charge in [-0.15, -0.1) is 24.8 Å². The van der Waals surface area contributed by atoms with Gasteiger partial charge in [-0.05, 0) is 50.6 Å². The minimum Gasteiger partial charge on any atom is -0.466 e. The SMILES string of the molecule is CCOC(=O)CC(C=C(Cl)c1ccc(OC(F)(F)F)cc1)C(C)(C)Cl. The zero-order chi connectivity index (χ0) is 19.3. The fourth-order valence-electron chi connectivity index (χ4n) is 1.99. The molecular weight excluding hydrogens is 380 g/mol. The summed E-state index contributed by atoms with van der Waals surface area (Å²) in [6.07, 6.45) is -3.12. The van der Waals surface area contributed by atoms with Gasteiger partial charge >= 0.3 is 12.3 Å². The van der Waals surface area contributed by atoms with E-state index in [1.807, 2.05) is 0 Å². The van der Waals surface area contributed by atoms with Crippen molar-refractivity contribution in [2.24, 2.45) is 5.92 Å². The van der Waals surface area contributed by atoms with E-state index in [2.05, 4.69) is 4.74 Å². The van der Waals surface area contributed by atoms with Gasteiger partial charge in [-0.25, -0.2) is 0 Å². The Kier molecular flexibility index (Phi) is 7.62. The molecule has 0 aliphatic rings. The van der Waals surface area contributed by atoms with Gasteiger partial charge in [-0.1, -0.05) is 17.7 Å². The van der Waals surface area contributed by atoms with Gasteiger partial charge < -0.3 is 9.47 Å². The number of allylic oxidation sites excluding steroid dienone is 1. The average Bonchev–Trinajstić information content (AvgIpc) is 2.44. The van der Waals surface area contributed by atoms with Crippen molar-refractivity contribution in [1.29, 1.82) is 0 Å². The van der Waals surface area contributed by atoms with Gasteiger partial charge in [0.2, 0.25) is 0 Å². The van der Waals surface area contributed by atoms with Crippen LogP contribution in [0.25, 0.3) is 5.03 Å². The Morgan fingerprint density at radius 1 is 1.24 bits per heavy atom. The third-order valence-electron chi connectivity index (χ3n) is 3.28. The Balaban J connectivity index is 2.96. The van der Waals surface area contributed by atoms with E-state index in [4.69, 9.17) is 27.9 Å². The van der Waals surface area contributed by atoms with E-state index >= 15 is 0 Å². The number of benzene rings is 1. The summed E-state index contributed by atoms with van der Waals surface area (Å²) < 4.78 is 45.2. The Labute approximate surface area is 154 Å². The molecular formula is C17H19Cl2F3O3. The molecule has 0 heterocycles. The fraction of sp³-hybridized carbons (Fsp3) is 0.471. The summed E-state index contributed by atoms with van der Waals surface area (Å²) in [6.45, 7) is 5.43. The predicted molar refractivity (Wildman–Crippen MR) is 91.6 cm³/mol. The highest BCUT2D eigenvalue weighted by molar-refractivity contribution is 6.48. The fourth-order valence-corrected chi connectivity index (χ4v) is 2.41. The first-order valence-corrected chi connectivity index (χ1v) is 8.26. The molecule has 0 saturated heterocycles. The first kappa shape index (κ1) is 21.6. The van der Waals surface area contributed by atoms with Gasteiger partial charge in [0.15, 0.2) is 0 Å². The predicted octanol–water partition coefficient (Wildman–Crippen LogP) is 5.75. The number of carbonyl (C=O) groups is 1. The summed E-state index contributed by atoms with van der Waals surface area (Å²) >= 11 is 12.6. The van der Waals surface area contributed by atoms with Crippen LogP contribution >= 0.6 is 23.2 Å². The van der Waals surface area contributed by atoms with Crippen molar-refractivity contribution in [3.05, 3.63) is 35.9 Å². The third-order valence-corrected chi connectivity index (χ3v) is 3.91. The van der Waals surface area contributed by atoms with E-state index in [9.17, 15) is 18.0 Å². The summed E-state index contributed by atoms with van der Waals surface area (Å²) in [5, 5.41) is 0.265. The van der Waals surface area contributed by atoms with Crippen molar-refractivity contribution in [1.82, 2.24) is 0 Å². The highest BCUT2D eigenvalue weighted by Crippen LogP contribution is 2.33. The Morgan fingerprint density at radius 3 is 2.24 bits per heavy atom. The van der Waals surface area contributed by atoms with Crippen molar-refractivity contribution in [3.8, 4) is 5.75 Å². The Bertz CT molecular complexity index is 605. The molecule has 140 valence electrons. The van der Waals surface area contributed by atoms with E-state index in [0.29, 0.717) is 5.56 Å². The molecule has 1 atom stereocenters. The van der Waals surface area contributed by atoms with Crippen LogP contribution in [0.5, 0.6) is 5.75 Å². The molecule has 0 radical (unpaired) electrons. The van der Waals surface area contributed by atoms with Crippen molar-refractivity contribution in [3.63, 3.8) is 0 Å². The maximum atomic E-state index is 12.2. The molecule has 0 spiro atoms. The minimum atomic E-state index is -4.76. The number of ether oxygens (including phenoxy) is 2. The van der Waals surface area contributed by atoms with E-state index in [-0.39, 0.29) is 23.8 Å². The molecule has 1 aromatic rings. The molecule has 25 heavy (non-hydrogen) atoms. The van der Waals surface area contributed by atoms with Crippen molar-refractivity contribution >= 4 is 34.2 Å². The number of hydrogen-bond acceptors (Lipinski definition) is 3. The normalized spacial score (nSPS) is 14.2. The quantitative estimate of drug-likeness (QED) is 0.433. The third kappa shape index (κ3) is 8.01. The smallest absolute Gasteiger partial charge is 0.466 e. The first-order chi connectivity index (χ1) is 11.4. The number of halogens is 5. The van der Waals surface area contributed by atoms with Crippen LogP contribution in [0.1, 0.15) is 32.8 Å². The van der Waals surface area contributed by atoms with Crippen LogP contribution in [0, 0.1) is 5.92 Å². The molecule has 0 saturated carbocycles. The van der Waals surface area contributed by atoms with Crippen LogP contribution in [-0.4, -0.2) is 23.8 Å². The van der Waals surface area contributed by atoms with Crippen molar-refractivity contribution in [2.75, 3.05) is 6.61 Å². The number of alkyl halides is 4. The lowest BCUT2D eigenvalue weighted by molar-refractivity contribution is -0.274. The summed E-state index contributed by atoms with van der Waals surface area (Å²) in [6, 6.07) is 5.10. The van der Waals surface area contributed by atoms with Crippen molar-refractivity contribution in [2.45, 2.75) is 38.4 Å². The van der Waals surface area contributed by atoms with Crippen LogP contribution in [0.3, 0.4) is 0 Å². The monoisotopic (exact) mass is 398 g/mol. The van der Waals surface area contributed by atoms with Crippen LogP contribution in [0.4, 0.5) is 13.2 Å². The Hall–Kier alpha value is -1.40. The van der Waals surface area contributed by atoms with Crippen LogP contribution in [0.2, 0.25) is 0 Å². The highest BCUT2D eigenvalue weighted by Gasteiger charge is 2.31. The second kappa shape index (κ2) is 8.81. The summed E-state index contributed by atoms with van der Waals surface area (Å²) in [4.78, 5) is 10.9. The topological polar surface area (TPSA) is 35.5 Å². The minimum absolute atomic E-state index is 0.0375. The number of hydrogen-bond donors (Lipinski definition) is 0. The van der Waals surface area contributed by atoms with E-state index in [0.717, 1.165) is 12.1 Å². The molecule has 0 amide bonds. The standard InChI is InChI=1S/C17H19Cl2F3O3/c1-4-24-15(23)10-12(16(2,3)19)9-14(18)11-5-7-13(8-6-11)25-17(20,21)22/h5-9,12H,4,10H2,1-3H3. The second-order valence-electron chi connectivity index (χ2n) is 5.77. The molecule has 0 aliphatic carbocycles. The van der Waals surface area contributed by atoms with Crippen LogP contribution in [0.15, 0.2) is 30.3 Å². The summed E-state index contributed by atoms with van der Waals surface area (Å²) in [7, 11) is 0. The van der Waals surface area contributed by atoms with Gasteiger partial charge in [0.25, 0.3) is 0 Å². The lowest BCUT2D eigenvalue weighted by Gasteiger charge is -2.25. The number of esters is 1. The molecule has 1 aromatic carbocycles. The molecule has 1 unspecified atom stereocenters. The maximum absolute atomic E-state index is 12.2. The van der Waals surface area contributed by atoms with Crippen LogP contribution in [-0.2, 0) is 9.53 Å². The first-order valence-electron chi connectivity index (χ1n) is 7.50. The van der Waals surface area contributed by atoms with Gasteiger partial charge in [0, 0.05) is 15.8 Å². The molecule has 0 bridgehead atoms. The lowest BCUT2D eigenvalue weighted by Crippen LogP contribution is -2.26. The van der Waals surface area contributed by atoms with E-state index < -0.39 is 23.1 Å². The van der Waals surface area contributed by atoms with Gasteiger partial charge in [-0.2, -0.15) is 0 Å². The molecule has 0 fully saturated rings. The summed E-state index contributed by atoms with van der Waals surface area (Å²) in [5.74, 6) is -1.18. The van der Waals surface area contributed by atoms with E-state index in [1.165, 1.54) is 12.1 Å². The molecule has 0 aliphatic heterocycles. The molecule has 0 N–H and O–H groups in total. The molecule has 8 heteroatoms. The zero-order valence-corrected chi connectivity index (χ0v) is 15.5. The highest BCUT2D eigenvalue weighted by atomic mass is 35.5. The maximum Gasteiger partial charge on any atom is 0.573 e. The second-order valence-corrected chi connectivity index (χ2v) is 7.15. The van der Waals surface area contributed by atoms with Crippen LogP contribution < -0.4 is 4.74 Å². The zero-order valence-electron chi connectivity index (χ0n) is 14.0. The average molecular weight is 399 g/mol. The van der Waals surface area contributed by atoms with Gasteiger partial charge in [0.05, 0.1) is 13.0 Å². The van der Waals surface area contributed by atoms with E-state index in [1.54, 1.807) is 26.8 Å². The largest absolute Gasteiger partial charge is 0.573 e. The van der Waals surface area contributed by atoms with Crippen molar-refractivity contribution < 1.29 is 27.4 Å². The number of carbonyl (C=O) groups excluding carboxylic acids is 1. The molecule has 3 nitrogen and oxygen atoms in total. The summed E-state index contributed by atoms with van der Waals surface area (Å²) in [5.41, 5.74) is 0.478. The molecule has 1 rings (SSSR count). The Morgan fingerprint density at radius 2 is 1.80 bits per heavy atom. The number of rotatable bonds is 7. The van der Waals surface area contributed by atoms with Gasteiger partial charge in [-0.3, -0.25) is 4.79 Å². The lowest BCUT2D eigenvalue weighted by atomic mass is 9.90. The van der Waals surface area contributed by atoms with Gasteiger partial charge in [0.1, 0.15) is 5.75 Å².